The Morgan fingerprint density at radius 3 is 2.56 bits per heavy atom. The molecule has 0 saturated heterocycles. The van der Waals surface area contributed by atoms with Gasteiger partial charge in [-0.2, -0.15) is 0 Å². The molecular formula is C18H27FN2O3S. The molecule has 1 saturated carbocycles. The number of nitrogens with one attached hydrogen (secondary N) is 1. The minimum Gasteiger partial charge on any atom is -0.355 e. The Morgan fingerprint density at radius 1 is 1.32 bits per heavy atom. The van der Waals surface area contributed by atoms with Gasteiger partial charge in [-0.15, -0.1) is 0 Å². The molecular weight excluding hydrogens is 343 g/mol. The molecule has 140 valence electrons. The zero-order chi connectivity index (χ0) is 18.5. The second kappa shape index (κ2) is 8.27. The first-order chi connectivity index (χ1) is 11.8. The Bertz CT molecular complexity index is 700. The first-order valence-electron chi connectivity index (χ1n) is 8.79. The number of halogens is 1. The van der Waals surface area contributed by atoms with Gasteiger partial charge in [-0.05, 0) is 37.0 Å². The van der Waals surface area contributed by atoms with Crippen LogP contribution < -0.4 is 5.32 Å². The fraction of sp³-hybridized carbons (Fsp3) is 0.611. The van der Waals surface area contributed by atoms with Crippen LogP contribution in [0.5, 0.6) is 0 Å². The number of sulfonamides is 1. The predicted molar refractivity (Wildman–Crippen MR) is 96.3 cm³/mol. The highest BCUT2D eigenvalue weighted by atomic mass is 32.2. The summed E-state index contributed by atoms with van der Waals surface area (Å²) < 4.78 is 38.1. The molecule has 0 bridgehead atoms. The minimum atomic E-state index is -3.21. The molecule has 1 aromatic carbocycles. The van der Waals surface area contributed by atoms with Crippen molar-refractivity contribution in [3.63, 3.8) is 0 Å². The summed E-state index contributed by atoms with van der Waals surface area (Å²) in [5.41, 5.74) is 0.0671. The quantitative estimate of drug-likeness (QED) is 0.715. The van der Waals surface area contributed by atoms with E-state index in [0.717, 1.165) is 18.4 Å². The van der Waals surface area contributed by atoms with E-state index in [2.05, 4.69) is 5.32 Å². The first kappa shape index (κ1) is 19.8. The number of benzene rings is 1. The van der Waals surface area contributed by atoms with Gasteiger partial charge >= 0.3 is 0 Å². The number of amides is 1. The molecule has 1 amide bonds. The zero-order valence-electron chi connectivity index (χ0n) is 14.9. The second-order valence-corrected chi connectivity index (χ2v) is 8.65. The van der Waals surface area contributed by atoms with Crippen LogP contribution in [0, 0.1) is 5.82 Å². The fourth-order valence-corrected chi connectivity index (χ4v) is 4.53. The monoisotopic (exact) mass is 370 g/mol. The third-order valence-corrected chi connectivity index (χ3v) is 6.34. The molecule has 1 aromatic rings. The molecule has 1 aliphatic rings. The summed E-state index contributed by atoms with van der Waals surface area (Å²) in [6.45, 7) is 2.99. The highest BCUT2D eigenvalue weighted by Crippen LogP contribution is 2.41. The molecule has 0 spiro atoms. The molecule has 5 nitrogen and oxygen atoms in total. The maximum absolute atomic E-state index is 13.6. The van der Waals surface area contributed by atoms with Gasteiger partial charge in [-0.3, -0.25) is 4.79 Å². The van der Waals surface area contributed by atoms with Crippen LogP contribution in [-0.4, -0.2) is 44.5 Å². The summed E-state index contributed by atoms with van der Waals surface area (Å²) in [6, 6.07) is 6.29. The van der Waals surface area contributed by atoms with Gasteiger partial charge in [0, 0.05) is 19.6 Å². The normalized spacial score (nSPS) is 17.0. The van der Waals surface area contributed by atoms with Crippen molar-refractivity contribution in [2.24, 2.45) is 0 Å². The van der Waals surface area contributed by atoms with Crippen LogP contribution in [0.25, 0.3) is 0 Å². The van der Waals surface area contributed by atoms with Crippen molar-refractivity contribution in [3.8, 4) is 0 Å². The summed E-state index contributed by atoms with van der Waals surface area (Å²) in [5, 5.41) is 2.93. The number of rotatable bonds is 8. The van der Waals surface area contributed by atoms with Crippen molar-refractivity contribution < 1.29 is 17.6 Å². The van der Waals surface area contributed by atoms with Crippen molar-refractivity contribution in [3.05, 3.63) is 35.6 Å². The summed E-state index contributed by atoms with van der Waals surface area (Å²) in [5.74, 6) is -0.415. The van der Waals surface area contributed by atoms with Crippen LogP contribution in [0.2, 0.25) is 0 Å². The third-order valence-electron chi connectivity index (χ3n) is 4.96. The molecule has 2 rings (SSSR count). The van der Waals surface area contributed by atoms with Crippen molar-refractivity contribution in [1.82, 2.24) is 9.62 Å². The van der Waals surface area contributed by atoms with E-state index in [4.69, 9.17) is 0 Å². The van der Waals surface area contributed by atoms with E-state index in [1.54, 1.807) is 13.0 Å². The van der Waals surface area contributed by atoms with Crippen molar-refractivity contribution in [2.75, 3.05) is 25.9 Å². The van der Waals surface area contributed by atoms with Crippen LogP contribution in [0.3, 0.4) is 0 Å². The van der Waals surface area contributed by atoms with Gasteiger partial charge in [0.15, 0.2) is 0 Å². The van der Waals surface area contributed by atoms with E-state index in [-0.39, 0.29) is 11.7 Å². The Morgan fingerprint density at radius 2 is 2.00 bits per heavy atom. The second-order valence-electron chi connectivity index (χ2n) is 6.66. The lowest BCUT2D eigenvalue weighted by Crippen LogP contribution is -2.43. The van der Waals surface area contributed by atoms with Crippen molar-refractivity contribution in [1.29, 1.82) is 0 Å². The number of nitrogens with zero attached hydrogens (tertiary/aromatic N) is 1. The van der Waals surface area contributed by atoms with Crippen LogP contribution in [0.1, 0.15) is 44.6 Å². The third kappa shape index (κ3) is 4.79. The van der Waals surface area contributed by atoms with Crippen LogP contribution >= 0.6 is 0 Å². The molecule has 7 heteroatoms. The van der Waals surface area contributed by atoms with Gasteiger partial charge in [-0.25, -0.2) is 17.1 Å². The highest BCUT2D eigenvalue weighted by Gasteiger charge is 2.42. The van der Waals surface area contributed by atoms with E-state index in [0.29, 0.717) is 38.9 Å². The summed E-state index contributed by atoms with van der Waals surface area (Å²) >= 11 is 0. The van der Waals surface area contributed by atoms with Gasteiger partial charge in [0.1, 0.15) is 5.82 Å². The number of carbonyl (C=O) groups excluding carboxylic acids is 1. The maximum atomic E-state index is 13.6. The molecule has 0 aliphatic heterocycles. The van der Waals surface area contributed by atoms with Crippen molar-refractivity contribution in [2.45, 2.75) is 44.4 Å². The smallest absolute Gasteiger partial charge is 0.230 e. The molecule has 0 heterocycles. The van der Waals surface area contributed by atoms with Crippen LogP contribution in [-0.2, 0) is 20.2 Å². The van der Waals surface area contributed by atoms with Gasteiger partial charge in [0.25, 0.3) is 0 Å². The Kier molecular flexibility index (Phi) is 6.57. The molecule has 1 aliphatic carbocycles. The van der Waals surface area contributed by atoms with E-state index >= 15 is 0 Å². The SMILES string of the molecule is CCN(CCCNC(=O)C1(c2cccc(F)c2)CCCC1)S(C)(=O)=O. The number of hydrogen-bond acceptors (Lipinski definition) is 3. The summed E-state index contributed by atoms with van der Waals surface area (Å²) in [6.07, 6.45) is 5.06. The molecule has 1 N–H and O–H groups in total. The van der Waals surface area contributed by atoms with E-state index in [1.165, 1.54) is 22.7 Å². The number of hydrogen-bond donors (Lipinski definition) is 1. The average Bonchev–Trinajstić information content (AvgIpc) is 3.04. The van der Waals surface area contributed by atoms with Crippen LogP contribution in [0.4, 0.5) is 4.39 Å². The Balaban J connectivity index is 1.98. The van der Waals surface area contributed by atoms with Gasteiger partial charge in [0.2, 0.25) is 15.9 Å². The minimum absolute atomic E-state index is 0.0852. The average molecular weight is 370 g/mol. The maximum Gasteiger partial charge on any atom is 0.230 e. The largest absolute Gasteiger partial charge is 0.355 e. The zero-order valence-corrected chi connectivity index (χ0v) is 15.7. The van der Waals surface area contributed by atoms with E-state index in [9.17, 15) is 17.6 Å². The lowest BCUT2D eigenvalue weighted by molar-refractivity contribution is -0.126. The predicted octanol–water partition coefficient (Wildman–Crippen LogP) is 2.43. The van der Waals surface area contributed by atoms with Gasteiger partial charge < -0.3 is 5.32 Å². The fourth-order valence-electron chi connectivity index (χ4n) is 3.60. The van der Waals surface area contributed by atoms with Crippen LogP contribution in [0.15, 0.2) is 24.3 Å². The first-order valence-corrected chi connectivity index (χ1v) is 10.6. The topological polar surface area (TPSA) is 66.5 Å². The summed E-state index contributed by atoms with van der Waals surface area (Å²) in [4.78, 5) is 12.8. The van der Waals surface area contributed by atoms with E-state index in [1.807, 2.05) is 6.07 Å². The molecule has 25 heavy (non-hydrogen) atoms. The molecule has 1 fully saturated rings. The Labute approximate surface area is 149 Å². The summed E-state index contributed by atoms with van der Waals surface area (Å²) in [7, 11) is -3.21. The van der Waals surface area contributed by atoms with Gasteiger partial charge in [-0.1, -0.05) is 31.9 Å². The molecule has 0 atom stereocenters. The lowest BCUT2D eigenvalue weighted by atomic mass is 9.78. The van der Waals surface area contributed by atoms with Crippen molar-refractivity contribution >= 4 is 15.9 Å². The Hall–Kier alpha value is -1.47. The number of carbonyl (C=O) groups is 1. The standard InChI is InChI=1S/C18H27FN2O3S/c1-3-21(25(2,23)24)13-7-12-20-17(22)18(10-4-5-11-18)15-8-6-9-16(19)14-15/h6,8-9,14H,3-5,7,10-13H2,1-2H3,(H,20,22). The van der Waals surface area contributed by atoms with Gasteiger partial charge in [0.05, 0.1) is 11.7 Å². The molecule has 0 radical (unpaired) electrons. The highest BCUT2D eigenvalue weighted by molar-refractivity contribution is 7.88. The van der Waals surface area contributed by atoms with E-state index < -0.39 is 15.4 Å². The lowest BCUT2D eigenvalue weighted by Gasteiger charge is -2.28. The molecule has 0 aromatic heterocycles. The molecule has 0 unspecified atom stereocenters.